The Morgan fingerprint density at radius 2 is 1.62 bits per heavy atom. The van der Waals surface area contributed by atoms with Gasteiger partial charge in [0.25, 0.3) is 0 Å². The lowest BCUT2D eigenvalue weighted by atomic mass is 9.85. The van der Waals surface area contributed by atoms with Gasteiger partial charge in [-0.2, -0.15) is 0 Å². The Morgan fingerprint density at radius 1 is 1.14 bits per heavy atom. The van der Waals surface area contributed by atoms with Crippen molar-refractivity contribution in [3.63, 3.8) is 0 Å². The molecule has 1 unspecified atom stereocenters. The summed E-state index contributed by atoms with van der Waals surface area (Å²) in [5.41, 5.74) is -0.373. The van der Waals surface area contributed by atoms with Gasteiger partial charge >= 0.3 is 7.12 Å². The Kier molecular flexibility index (Phi) is 4.67. The van der Waals surface area contributed by atoms with Crippen LogP contribution in [0.15, 0.2) is 40.5 Å². The molecule has 0 spiro atoms. The van der Waals surface area contributed by atoms with Crippen molar-refractivity contribution >= 4 is 23.0 Å². The van der Waals surface area contributed by atoms with Gasteiger partial charge in [0.1, 0.15) is 5.73 Å². The Labute approximate surface area is 135 Å². The molecule has 0 aromatic heterocycles. The Hall–Kier alpha value is -0.645. The highest BCUT2D eigenvalue weighted by Gasteiger charge is 2.53. The minimum absolute atomic E-state index is 0.0443. The smallest absolute Gasteiger partial charge is 0.398 e. The van der Waals surface area contributed by atoms with E-state index in [2.05, 4.69) is 15.9 Å². The molecule has 0 saturated carbocycles. The number of rotatable bonds is 3. The van der Waals surface area contributed by atoms with Crippen LogP contribution in [0.5, 0.6) is 0 Å². The maximum Gasteiger partial charge on any atom is 0.524 e. The zero-order chi connectivity index (χ0) is 15.8. The SMILES string of the molecule is CC(C=C(F)B1OC(C)(C)C(C)(C)O1)c1ccc(Br)cc1. The number of hydrogen-bond donors (Lipinski definition) is 0. The van der Waals surface area contributed by atoms with Gasteiger partial charge in [-0.15, -0.1) is 0 Å². The molecule has 0 amide bonds. The van der Waals surface area contributed by atoms with E-state index in [4.69, 9.17) is 9.31 Å². The number of hydrogen-bond acceptors (Lipinski definition) is 2. The van der Waals surface area contributed by atoms with E-state index in [1.165, 1.54) is 0 Å². The molecule has 1 saturated heterocycles. The molecule has 114 valence electrons. The Bertz CT molecular complexity index is 524. The topological polar surface area (TPSA) is 18.5 Å². The molecule has 0 aliphatic carbocycles. The van der Waals surface area contributed by atoms with Crippen LogP contribution >= 0.6 is 15.9 Å². The lowest BCUT2D eigenvalue weighted by Crippen LogP contribution is -2.41. The van der Waals surface area contributed by atoms with E-state index >= 15 is 0 Å². The average molecular weight is 355 g/mol. The first-order valence-electron chi connectivity index (χ1n) is 7.11. The molecule has 1 aromatic rings. The van der Waals surface area contributed by atoms with Crippen LogP contribution in [-0.2, 0) is 9.31 Å². The molecule has 0 radical (unpaired) electrons. The summed E-state index contributed by atoms with van der Waals surface area (Å²) in [4.78, 5) is 0. The summed E-state index contributed by atoms with van der Waals surface area (Å²) in [6.07, 6.45) is 1.56. The van der Waals surface area contributed by atoms with Crippen molar-refractivity contribution in [2.75, 3.05) is 0 Å². The fourth-order valence-electron chi connectivity index (χ4n) is 2.14. The molecular weight excluding hydrogens is 334 g/mol. The first kappa shape index (κ1) is 16.7. The maximum absolute atomic E-state index is 14.4. The standard InChI is InChI=1S/C16H21BBrFO2/c1-11(12-6-8-13(18)9-7-12)10-14(19)17-20-15(2,3)16(4,5)21-17/h6-11H,1-5H3. The highest BCUT2D eigenvalue weighted by molar-refractivity contribution is 9.10. The Balaban J connectivity index is 2.13. The van der Waals surface area contributed by atoms with E-state index in [0.717, 1.165) is 10.0 Å². The van der Waals surface area contributed by atoms with Crippen LogP contribution in [0.1, 0.15) is 46.1 Å². The monoisotopic (exact) mass is 354 g/mol. The number of halogens is 2. The summed E-state index contributed by atoms with van der Waals surface area (Å²) in [7, 11) is -0.923. The zero-order valence-electron chi connectivity index (χ0n) is 13.1. The summed E-state index contributed by atoms with van der Waals surface area (Å²) in [6.45, 7) is 9.61. The van der Waals surface area contributed by atoms with Gasteiger partial charge < -0.3 is 9.31 Å². The molecule has 2 nitrogen and oxygen atoms in total. The molecule has 21 heavy (non-hydrogen) atoms. The molecule has 1 heterocycles. The van der Waals surface area contributed by atoms with Crippen molar-refractivity contribution in [3.8, 4) is 0 Å². The zero-order valence-corrected chi connectivity index (χ0v) is 14.7. The Morgan fingerprint density at radius 3 is 2.10 bits per heavy atom. The van der Waals surface area contributed by atoms with Crippen molar-refractivity contribution in [1.29, 1.82) is 0 Å². The van der Waals surface area contributed by atoms with E-state index in [1.807, 2.05) is 58.9 Å². The molecule has 0 N–H and O–H groups in total. The largest absolute Gasteiger partial charge is 0.524 e. The quantitative estimate of drug-likeness (QED) is 0.708. The fraction of sp³-hybridized carbons (Fsp3) is 0.500. The normalized spacial score (nSPS) is 22.4. The molecular formula is C16H21BBrFO2. The molecule has 1 atom stereocenters. The van der Waals surface area contributed by atoms with Crippen molar-refractivity contribution in [3.05, 3.63) is 46.1 Å². The van der Waals surface area contributed by atoms with Gasteiger partial charge in [0, 0.05) is 10.4 Å². The van der Waals surface area contributed by atoms with Crippen molar-refractivity contribution in [2.45, 2.75) is 51.7 Å². The second-order valence-electron chi connectivity index (χ2n) is 6.48. The maximum atomic E-state index is 14.4. The van der Waals surface area contributed by atoms with Crippen LogP contribution in [0.25, 0.3) is 0 Å². The van der Waals surface area contributed by atoms with Crippen LogP contribution in [0.4, 0.5) is 4.39 Å². The van der Waals surface area contributed by atoms with Gasteiger partial charge in [0.05, 0.1) is 11.2 Å². The summed E-state index contributed by atoms with van der Waals surface area (Å²) in [5, 5.41) is 0. The molecule has 1 aromatic carbocycles. The van der Waals surface area contributed by atoms with Gasteiger partial charge in [-0.1, -0.05) is 35.0 Å². The summed E-state index contributed by atoms with van der Waals surface area (Å²) >= 11 is 3.39. The lowest BCUT2D eigenvalue weighted by molar-refractivity contribution is 0.00578. The highest BCUT2D eigenvalue weighted by Crippen LogP contribution is 2.39. The number of benzene rings is 1. The third kappa shape index (κ3) is 3.58. The predicted octanol–water partition coefficient (Wildman–Crippen LogP) is 5.04. The summed E-state index contributed by atoms with van der Waals surface area (Å²) in [6, 6.07) is 7.85. The van der Waals surface area contributed by atoms with Crippen molar-refractivity contribution in [2.24, 2.45) is 0 Å². The second kappa shape index (κ2) is 5.86. The molecule has 0 bridgehead atoms. The molecule has 5 heteroatoms. The van der Waals surface area contributed by atoms with E-state index in [-0.39, 0.29) is 11.6 Å². The minimum atomic E-state index is -0.923. The van der Waals surface area contributed by atoms with Crippen molar-refractivity contribution < 1.29 is 13.7 Å². The van der Waals surface area contributed by atoms with Gasteiger partial charge in [0.2, 0.25) is 0 Å². The van der Waals surface area contributed by atoms with Crippen LogP contribution in [0, 0.1) is 0 Å². The molecule has 1 aliphatic heterocycles. The van der Waals surface area contributed by atoms with Crippen LogP contribution in [-0.4, -0.2) is 18.3 Å². The third-order valence-electron chi connectivity index (χ3n) is 4.28. The van der Waals surface area contributed by atoms with Gasteiger partial charge in [-0.05, 0) is 51.5 Å². The van der Waals surface area contributed by atoms with Gasteiger partial charge in [0.15, 0.2) is 0 Å². The van der Waals surface area contributed by atoms with E-state index in [0.29, 0.717) is 0 Å². The van der Waals surface area contributed by atoms with Gasteiger partial charge in [-0.3, -0.25) is 0 Å². The first-order valence-corrected chi connectivity index (χ1v) is 7.90. The van der Waals surface area contributed by atoms with Crippen molar-refractivity contribution in [1.82, 2.24) is 0 Å². The van der Waals surface area contributed by atoms with Crippen LogP contribution < -0.4 is 0 Å². The van der Waals surface area contributed by atoms with E-state index in [9.17, 15) is 4.39 Å². The third-order valence-corrected chi connectivity index (χ3v) is 4.81. The minimum Gasteiger partial charge on any atom is -0.398 e. The second-order valence-corrected chi connectivity index (χ2v) is 7.40. The fourth-order valence-corrected chi connectivity index (χ4v) is 2.40. The first-order chi connectivity index (χ1) is 9.62. The highest BCUT2D eigenvalue weighted by atomic mass is 79.9. The number of allylic oxidation sites excluding steroid dienone is 1. The van der Waals surface area contributed by atoms with Crippen LogP contribution in [0.2, 0.25) is 0 Å². The average Bonchev–Trinajstić information content (AvgIpc) is 2.59. The van der Waals surface area contributed by atoms with Crippen LogP contribution in [0.3, 0.4) is 0 Å². The summed E-state index contributed by atoms with van der Waals surface area (Å²) in [5.74, 6) is -0.0443. The predicted molar refractivity (Wildman–Crippen MR) is 87.8 cm³/mol. The molecule has 1 fully saturated rings. The van der Waals surface area contributed by atoms with Gasteiger partial charge in [-0.25, -0.2) is 4.39 Å². The molecule has 2 rings (SSSR count). The lowest BCUT2D eigenvalue weighted by Gasteiger charge is -2.32. The van der Waals surface area contributed by atoms with E-state index in [1.54, 1.807) is 6.08 Å². The molecule has 1 aliphatic rings. The summed E-state index contributed by atoms with van der Waals surface area (Å²) < 4.78 is 26.8. The van der Waals surface area contributed by atoms with E-state index < -0.39 is 18.3 Å².